The highest BCUT2D eigenvalue weighted by Crippen LogP contribution is 2.41. The van der Waals surface area contributed by atoms with Gasteiger partial charge in [0.2, 0.25) is 0 Å². The van der Waals surface area contributed by atoms with E-state index in [1.54, 1.807) is 0 Å². The monoisotopic (exact) mass is 516 g/mol. The number of hydrogen-bond donors (Lipinski definition) is 2. The molecule has 5 rings (SSSR count). The van der Waals surface area contributed by atoms with Gasteiger partial charge in [0.05, 0.1) is 29.5 Å². The predicted molar refractivity (Wildman–Crippen MR) is 133 cm³/mol. The van der Waals surface area contributed by atoms with Crippen LogP contribution in [0.4, 0.5) is 24.5 Å². The third kappa shape index (κ3) is 5.34. The van der Waals surface area contributed by atoms with Crippen molar-refractivity contribution in [1.29, 1.82) is 0 Å². The molecule has 1 saturated carbocycles. The van der Waals surface area contributed by atoms with E-state index < -0.39 is 29.9 Å². The summed E-state index contributed by atoms with van der Waals surface area (Å²) in [5, 5.41) is 11.5. The van der Waals surface area contributed by atoms with Crippen LogP contribution >= 0.6 is 0 Å². The first-order valence-corrected chi connectivity index (χ1v) is 13.1. The average Bonchev–Trinajstić information content (AvgIpc) is 3.02. The molecule has 0 saturated heterocycles. The summed E-state index contributed by atoms with van der Waals surface area (Å²) >= 11 is -1.71. The van der Waals surface area contributed by atoms with Gasteiger partial charge in [-0.05, 0) is 79.6 Å². The minimum atomic E-state index is -4.79. The number of aryl methyl sites for hydroxylation is 2. The van der Waals surface area contributed by atoms with Gasteiger partial charge in [-0.25, -0.2) is 0 Å². The molecule has 0 bridgehead atoms. The second-order valence-electron chi connectivity index (χ2n) is 9.13. The molecule has 0 spiro atoms. The molecule has 5 nitrogen and oxygen atoms in total. The van der Waals surface area contributed by atoms with E-state index in [1.165, 1.54) is 23.3 Å². The normalized spacial score (nSPS) is 22.8. The topological polar surface area (TPSA) is 67.8 Å². The lowest BCUT2D eigenvalue weighted by atomic mass is 9.86. The number of alkyl halides is 3. The van der Waals surface area contributed by atoms with Gasteiger partial charge in [-0.15, -0.1) is 17.9 Å². The van der Waals surface area contributed by atoms with Gasteiger partial charge in [0.25, 0.3) is 0 Å². The summed E-state index contributed by atoms with van der Waals surface area (Å²) in [6.07, 6.45) is -1.54. The van der Waals surface area contributed by atoms with E-state index in [2.05, 4.69) is 38.6 Å². The van der Waals surface area contributed by atoms with Gasteiger partial charge >= 0.3 is 6.36 Å². The van der Waals surface area contributed by atoms with E-state index in [4.69, 9.17) is 0 Å². The summed E-state index contributed by atoms with van der Waals surface area (Å²) in [5.41, 5.74) is 4.60. The van der Waals surface area contributed by atoms with Crippen molar-refractivity contribution in [2.45, 2.75) is 61.5 Å². The van der Waals surface area contributed by atoms with Crippen molar-refractivity contribution < 1.29 is 27.6 Å². The fourth-order valence-electron chi connectivity index (χ4n) is 5.21. The number of nitrogens with one attached hydrogen (secondary N) is 1. The van der Waals surface area contributed by atoms with Gasteiger partial charge < -0.3 is 19.3 Å². The highest BCUT2D eigenvalue weighted by molar-refractivity contribution is 7.89. The van der Waals surface area contributed by atoms with E-state index in [-0.39, 0.29) is 11.8 Å². The molecule has 1 aliphatic heterocycles. The first-order chi connectivity index (χ1) is 17.3. The van der Waals surface area contributed by atoms with Crippen LogP contribution in [0.15, 0.2) is 77.7 Å². The lowest BCUT2D eigenvalue weighted by molar-refractivity contribution is -0.274. The maximum absolute atomic E-state index is 13.0. The number of hydrogen-bond acceptors (Lipinski definition) is 5. The Morgan fingerprint density at radius 3 is 2.06 bits per heavy atom. The van der Waals surface area contributed by atoms with Crippen molar-refractivity contribution in [2.24, 2.45) is 0 Å². The summed E-state index contributed by atoms with van der Waals surface area (Å²) in [4.78, 5) is 2.55. The molecule has 9 heteroatoms. The van der Waals surface area contributed by atoms with Crippen LogP contribution in [-0.4, -0.2) is 34.2 Å². The van der Waals surface area contributed by atoms with Crippen molar-refractivity contribution in [1.82, 2.24) is 4.72 Å². The molecule has 3 aromatic carbocycles. The standard InChI is InChI=1S/C27H27F3N2O3S/c28-27(29,30)35-20-14-16-21(17-15-20)36(34)31-22-8-5-11-25(26(22)33)32-23-9-3-1-6-18(23)12-13-19-7-2-4-10-24(19)32/h1-4,6-7,9-10,14-17,22,25-26,31,33H,5,8,11-13H2/t22-,25-,26-,36+/m0/s1. The Morgan fingerprint density at radius 1 is 0.889 bits per heavy atom. The molecular weight excluding hydrogens is 489 g/mol. The number of fused-ring (bicyclic) bond motifs is 2. The summed E-state index contributed by atoms with van der Waals surface area (Å²) < 4.78 is 57.2. The zero-order valence-electron chi connectivity index (χ0n) is 19.4. The van der Waals surface area contributed by atoms with Crippen LogP contribution < -0.4 is 14.4 Å². The van der Waals surface area contributed by atoms with Gasteiger partial charge in [-0.3, -0.25) is 0 Å². The lowest BCUT2D eigenvalue weighted by Gasteiger charge is -2.43. The zero-order valence-corrected chi connectivity index (χ0v) is 20.3. The second kappa shape index (κ2) is 10.3. The predicted octanol–water partition coefficient (Wildman–Crippen LogP) is 5.42. The van der Waals surface area contributed by atoms with Crippen molar-refractivity contribution >= 4 is 22.7 Å². The molecule has 1 heterocycles. The summed E-state index contributed by atoms with van der Waals surface area (Å²) in [5.74, 6) is -0.375. The number of nitrogens with zero attached hydrogens (tertiary/aromatic N) is 1. The van der Waals surface area contributed by atoms with Crippen LogP contribution in [0, 0.1) is 0 Å². The Balaban J connectivity index is 1.37. The van der Waals surface area contributed by atoms with Crippen molar-refractivity contribution in [3.63, 3.8) is 0 Å². The lowest BCUT2D eigenvalue weighted by Crippen LogP contribution is -2.55. The van der Waals surface area contributed by atoms with Crippen molar-refractivity contribution in [3.05, 3.63) is 83.9 Å². The van der Waals surface area contributed by atoms with Crippen molar-refractivity contribution in [3.8, 4) is 5.75 Å². The fraction of sp³-hybridized carbons (Fsp3) is 0.333. The number of rotatable bonds is 5. The molecule has 1 fully saturated rings. The second-order valence-corrected chi connectivity index (χ2v) is 10.4. The minimum Gasteiger partial charge on any atom is -0.593 e. The number of aliphatic hydroxyl groups is 1. The molecule has 2 N–H and O–H groups in total. The van der Waals surface area contributed by atoms with E-state index in [1.807, 2.05) is 24.3 Å². The number of aliphatic hydroxyl groups excluding tert-OH is 1. The minimum absolute atomic E-state index is 0.226. The van der Waals surface area contributed by atoms with Crippen LogP contribution in [0.25, 0.3) is 0 Å². The van der Waals surface area contributed by atoms with E-state index in [0.29, 0.717) is 11.3 Å². The Labute approximate surface area is 211 Å². The van der Waals surface area contributed by atoms with Gasteiger partial charge in [0.1, 0.15) is 5.75 Å². The van der Waals surface area contributed by atoms with Gasteiger partial charge in [-0.1, -0.05) is 36.4 Å². The van der Waals surface area contributed by atoms with E-state index in [9.17, 15) is 22.8 Å². The third-order valence-electron chi connectivity index (χ3n) is 6.85. The molecule has 0 unspecified atom stereocenters. The van der Waals surface area contributed by atoms with Crippen LogP contribution in [0.3, 0.4) is 0 Å². The van der Waals surface area contributed by atoms with Crippen molar-refractivity contribution in [2.75, 3.05) is 4.90 Å². The molecule has 4 atom stereocenters. The molecule has 2 aliphatic rings. The highest BCUT2D eigenvalue weighted by atomic mass is 32.2. The number of ether oxygens (including phenoxy) is 1. The van der Waals surface area contributed by atoms with Crippen LogP contribution in [0.2, 0.25) is 0 Å². The van der Waals surface area contributed by atoms with E-state index in [0.717, 1.165) is 49.2 Å². The number of benzene rings is 3. The molecule has 0 radical (unpaired) electrons. The Bertz CT molecular complexity index is 1140. The Hall–Kier alpha value is -2.72. The third-order valence-corrected chi connectivity index (χ3v) is 8.07. The van der Waals surface area contributed by atoms with Crippen LogP contribution in [-0.2, 0) is 24.2 Å². The van der Waals surface area contributed by atoms with Gasteiger partial charge in [0, 0.05) is 11.4 Å². The van der Waals surface area contributed by atoms with Gasteiger partial charge in [0.15, 0.2) is 4.90 Å². The van der Waals surface area contributed by atoms with Crippen LogP contribution in [0.1, 0.15) is 30.4 Å². The van der Waals surface area contributed by atoms with E-state index >= 15 is 0 Å². The molecule has 1 aliphatic carbocycles. The summed E-state index contributed by atoms with van der Waals surface area (Å²) in [6, 6.07) is 20.8. The highest BCUT2D eigenvalue weighted by Gasteiger charge is 2.40. The molecule has 36 heavy (non-hydrogen) atoms. The average molecular weight is 517 g/mol. The summed E-state index contributed by atoms with van der Waals surface area (Å²) in [6.45, 7) is 0. The SMILES string of the molecule is [O-][S@@+](N[C@H]1CCC[C@H](N2c3ccccc3CCc3ccccc32)[C@H]1O)c1ccc(OC(F)(F)F)cc1. The number of para-hydroxylation sites is 2. The molecule has 3 aromatic rings. The largest absolute Gasteiger partial charge is 0.593 e. The first-order valence-electron chi connectivity index (χ1n) is 12.0. The Morgan fingerprint density at radius 2 is 1.47 bits per heavy atom. The molecular formula is C27H27F3N2O3S. The fourth-order valence-corrected chi connectivity index (χ4v) is 6.26. The first kappa shape index (κ1) is 25.0. The smallest absolute Gasteiger partial charge is 0.573 e. The maximum atomic E-state index is 13.0. The zero-order chi connectivity index (χ0) is 25.3. The quantitative estimate of drug-likeness (QED) is 0.444. The number of anilines is 2. The maximum Gasteiger partial charge on any atom is 0.573 e. The van der Waals surface area contributed by atoms with Gasteiger partial charge in [-0.2, -0.15) is 0 Å². The Kier molecular flexibility index (Phi) is 7.16. The molecule has 0 aromatic heterocycles. The number of halogens is 3. The van der Waals surface area contributed by atoms with Crippen LogP contribution in [0.5, 0.6) is 5.75 Å². The molecule has 190 valence electrons. The summed E-state index contributed by atoms with van der Waals surface area (Å²) in [7, 11) is 0. The molecule has 0 amide bonds.